The third-order valence-corrected chi connectivity index (χ3v) is 3.16. The summed E-state index contributed by atoms with van der Waals surface area (Å²) in [6, 6.07) is 11.7. The summed E-state index contributed by atoms with van der Waals surface area (Å²) in [5.74, 6) is -2.23. The van der Waals surface area contributed by atoms with Crippen molar-refractivity contribution in [3.63, 3.8) is 0 Å². The van der Waals surface area contributed by atoms with Gasteiger partial charge in [0.15, 0.2) is 5.69 Å². The molecule has 0 bridgehead atoms. The van der Waals surface area contributed by atoms with Crippen LogP contribution in [-0.2, 0) is 6.54 Å². The molecule has 0 fully saturated rings. The highest BCUT2D eigenvalue weighted by atomic mass is 16.4. The fourth-order valence-electron chi connectivity index (χ4n) is 2.17. The lowest BCUT2D eigenvalue weighted by Crippen LogP contribution is -2.05. The van der Waals surface area contributed by atoms with Gasteiger partial charge in [0.2, 0.25) is 5.76 Å². The van der Waals surface area contributed by atoms with Crippen molar-refractivity contribution in [2.75, 3.05) is 0 Å². The molecule has 0 atom stereocenters. The van der Waals surface area contributed by atoms with Crippen molar-refractivity contribution >= 4 is 11.9 Å². The number of rotatable bonds is 5. The molecule has 0 aliphatic carbocycles. The van der Waals surface area contributed by atoms with E-state index in [0.29, 0.717) is 17.0 Å². The maximum absolute atomic E-state index is 11.3. The van der Waals surface area contributed by atoms with Crippen LogP contribution in [0.25, 0.3) is 11.3 Å². The van der Waals surface area contributed by atoms with Crippen LogP contribution in [0.2, 0.25) is 0 Å². The summed E-state index contributed by atoms with van der Waals surface area (Å²) in [4.78, 5) is 22.2. The third kappa shape index (κ3) is 2.82. The average Bonchev–Trinajstić information content (AvgIpc) is 3.15. The molecule has 0 amide bonds. The molecule has 23 heavy (non-hydrogen) atoms. The first-order valence-corrected chi connectivity index (χ1v) is 6.60. The maximum Gasteiger partial charge on any atom is 0.371 e. The summed E-state index contributed by atoms with van der Waals surface area (Å²) in [7, 11) is 0. The Morgan fingerprint density at radius 1 is 1.04 bits per heavy atom. The fraction of sp³-hybridized carbons (Fsp3) is 0.0667. The monoisotopic (exact) mass is 313 g/mol. The number of furan rings is 1. The summed E-state index contributed by atoms with van der Waals surface area (Å²) in [6.07, 6.45) is 0. The largest absolute Gasteiger partial charge is 0.476 e. The number of carbonyl (C=O) groups is 2. The highest BCUT2D eigenvalue weighted by molar-refractivity contribution is 5.92. The van der Waals surface area contributed by atoms with Crippen molar-refractivity contribution in [1.82, 2.24) is 15.0 Å². The van der Waals surface area contributed by atoms with Crippen LogP contribution in [0.4, 0.5) is 0 Å². The summed E-state index contributed by atoms with van der Waals surface area (Å²) < 4.78 is 6.54. The van der Waals surface area contributed by atoms with Crippen molar-refractivity contribution in [1.29, 1.82) is 0 Å². The molecule has 116 valence electrons. The topological polar surface area (TPSA) is 118 Å². The van der Waals surface area contributed by atoms with Crippen molar-refractivity contribution < 1.29 is 24.2 Å². The van der Waals surface area contributed by atoms with Gasteiger partial charge in [0.1, 0.15) is 18.0 Å². The Morgan fingerprint density at radius 3 is 2.39 bits per heavy atom. The van der Waals surface area contributed by atoms with Crippen LogP contribution in [0.5, 0.6) is 0 Å². The molecule has 8 heteroatoms. The fourth-order valence-corrected chi connectivity index (χ4v) is 2.17. The van der Waals surface area contributed by atoms with Gasteiger partial charge in [-0.25, -0.2) is 14.3 Å². The smallest absolute Gasteiger partial charge is 0.371 e. The molecule has 3 rings (SSSR count). The molecule has 2 heterocycles. The molecule has 2 aromatic heterocycles. The number of carboxylic acid groups (broad SMARTS) is 2. The van der Waals surface area contributed by atoms with E-state index in [2.05, 4.69) is 10.3 Å². The molecule has 0 saturated carbocycles. The zero-order valence-corrected chi connectivity index (χ0v) is 11.7. The van der Waals surface area contributed by atoms with E-state index in [-0.39, 0.29) is 18.0 Å². The predicted molar refractivity (Wildman–Crippen MR) is 77.2 cm³/mol. The van der Waals surface area contributed by atoms with Crippen molar-refractivity contribution in [3.05, 3.63) is 59.7 Å². The Hall–Kier alpha value is -3.42. The van der Waals surface area contributed by atoms with Gasteiger partial charge in [-0.2, -0.15) is 0 Å². The first kappa shape index (κ1) is 14.5. The van der Waals surface area contributed by atoms with Crippen LogP contribution in [0.1, 0.15) is 26.8 Å². The number of hydrogen-bond donors (Lipinski definition) is 2. The van der Waals surface area contributed by atoms with Crippen LogP contribution in [0.3, 0.4) is 0 Å². The number of hydrogen-bond acceptors (Lipinski definition) is 5. The lowest BCUT2D eigenvalue weighted by molar-refractivity contribution is 0.0657. The molecular weight excluding hydrogens is 302 g/mol. The Bertz CT molecular complexity index is 866. The first-order valence-electron chi connectivity index (χ1n) is 6.60. The minimum atomic E-state index is -1.19. The van der Waals surface area contributed by atoms with Gasteiger partial charge in [-0.1, -0.05) is 35.5 Å². The Labute approximate surface area is 129 Å². The van der Waals surface area contributed by atoms with E-state index in [1.165, 1.54) is 16.8 Å². The van der Waals surface area contributed by atoms with Gasteiger partial charge in [0.05, 0.1) is 0 Å². The van der Waals surface area contributed by atoms with Crippen molar-refractivity contribution in [2.45, 2.75) is 6.54 Å². The first-order chi connectivity index (χ1) is 11.1. The Kier molecular flexibility index (Phi) is 3.63. The molecule has 1 aromatic carbocycles. The van der Waals surface area contributed by atoms with Crippen LogP contribution in [0.15, 0.2) is 46.9 Å². The summed E-state index contributed by atoms with van der Waals surface area (Å²) in [6.45, 7) is 0.0672. The lowest BCUT2D eigenvalue weighted by atomic mass is 10.1. The van der Waals surface area contributed by atoms with Crippen LogP contribution in [0, 0.1) is 0 Å². The third-order valence-electron chi connectivity index (χ3n) is 3.16. The summed E-state index contributed by atoms with van der Waals surface area (Å²) in [5.41, 5.74) is 0.785. The van der Waals surface area contributed by atoms with E-state index in [1.807, 2.05) is 6.07 Å². The zero-order valence-electron chi connectivity index (χ0n) is 11.7. The van der Waals surface area contributed by atoms with Gasteiger partial charge in [0, 0.05) is 5.56 Å². The molecule has 2 N–H and O–H groups in total. The normalized spacial score (nSPS) is 10.6. The molecule has 0 spiro atoms. The van der Waals surface area contributed by atoms with Crippen LogP contribution < -0.4 is 0 Å². The second-order valence-electron chi connectivity index (χ2n) is 4.69. The average molecular weight is 313 g/mol. The highest BCUT2D eigenvalue weighted by Gasteiger charge is 2.21. The van der Waals surface area contributed by atoms with Crippen molar-refractivity contribution in [3.8, 4) is 11.3 Å². The maximum atomic E-state index is 11.3. The molecule has 0 aliphatic heterocycles. The quantitative estimate of drug-likeness (QED) is 0.739. The molecule has 0 unspecified atom stereocenters. The van der Waals surface area contributed by atoms with Gasteiger partial charge < -0.3 is 14.6 Å². The second kappa shape index (κ2) is 5.76. The number of aromatic nitrogens is 3. The van der Waals surface area contributed by atoms with Crippen molar-refractivity contribution in [2.24, 2.45) is 0 Å². The SMILES string of the molecule is O=C(O)c1ccc(Cn2nnc(C(=O)O)c2-c2ccccc2)o1. The molecule has 0 radical (unpaired) electrons. The number of nitrogens with zero attached hydrogens (tertiary/aromatic N) is 3. The minimum Gasteiger partial charge on any atom is -0.476 e. The standard InChI is InChI=1S/C15H11N3O5/c19-14(20)11-7-6-10(23-11)8-18-13(9-4-2-1-3-5-9)12(15(21)22)16-17-18/h1-7H,8H2,(H,19,20)(H,21,22). The van der Waals surface area contributed by atoms with Gasteiger partial charge in [-0.15, -0.1) is 5.10 Å². The molecule has 8 nitrogen and oxygen atoms in total. The predicted octanol–water partition coefficient (Wildman–Crippen LogP) is 1.98. The van der Waals surface area contributed by atoms with Gasteiger partial charge in [-0.3, -0.25) is 0 Å². The summed E-state index contributed by atoms with van der Waals surface area (Å²) >= 11 is 0. The number of carboxylic acids is 2. The summed E-state index contributed by atoms with van der Waals surface area (Å²) in [5, 5.41) is 25.7. The van der Waals surface area contributed by atoms with E-state index in [4.69, 9.17) is 9.52 Å². The van der Waals surface area contributed by atoms with Gasteiger partial charge >= 0.3 is 11.9 Å². The Morgan fingerprint density at radius 2 is 1.78 bits per heavy atom. The minimum absolute atomic E-state index is 0.0672. The van der Waals surface area contributed by atoms with Crippen LogP contribution >= 0.6 is 0 Å². The molecule has 0 saturated heterocycles. The van der Waals surface area contributed by atoms with E-state index < -0.39 is 11.9 Å². The van der Waals surface area contributed by atoms with E-state index in [1.54, 1.807) is 24.3 Å². The lowest BCUT2D eigenvalue weighted by Gasteiger charge is -2.05. The molecular formula is C15H11N3O5. The molecule has 0 aliphatic rings. The van der Waals surface area contributed by atoms with Crippen LogP contribution in [-0.4, -0.2) is 37.1 Å². The molecule has 3 aromatic rings. The zero-order chi connectivity index (χ0) is 16.4. The number of aromatic carboxylic acids is 2. The Balaban J connectivity index is 2.02. The van der Waals surface area contributed by atoms with Gasteiger partial charge in [-0.05, 0) is 12.1 Å². The second-order valence-corrected chi connectivity index (χ2v) is 4.69. The van der Waals surface area contributed by atoms with E-state index >= 15 is 0 Å². The number of benzene rings is 1. The van der Waals surface area contributed by atoms with E-state index in [9.17, 15) is 14.7 Å². The highest BCUT2D eigenvalue weighted by Crippen LogP contribution is 2.23. The van der Waals surface area contributed by atoms with E-state index in [0.717, 1.165) is 0 Å². The van der Waals surface area contributed by atoms with Gasteiger partial charge in [0.25, 0.3) is 0 Å².